The first-order valence-corrected chi connectivity index (χ1v) is 5.58. The van der Waals surface area contributed by atoms with Gasteiger partial charge in [-0.25, -0.2) is 0 Å². The van der Waals surface area contributed by atoms with E-state index in [0.29, 0.717) is 5.41 Å². The van der Waals surface area contributed by atoms with Crippen molar-refractivity contribution in [3.63, 3.8) is 0 Å². The molecule has 0 bridgehead atoms. The quantitative estimate of drug-likeness (QED) is 0.366. The van der Waals surface area contributed by atoms with Crippen molar-refractivity contribution in [2.75, 3.05) is 6.54 Å². The standard InChI is InChI=1S/C14H21N/c1-5-7-8-9-15-11-13(6-2)14(4)10-12(14)3/h5-9,12H,1,10-11H2,2-4H3/b8-7+,13-6+,15-9?. The van der Waals surface area contributed by atoms with Crippen LogP contribution in [-0.2, 0) is 0 Å². The van der Waals surface area contributed by atoms with Crippen molar-refractivity contribution in [3.8, 4) is 0 Å². The van der Waals surface area contributed by atoms with Crippen LogP contribution in [0.4, 0.5) is 0 Å². The van der Waals surface area contributed by atoms with Crippen LogP contribution in [0.1, 0.15) is 27.2 Å². The van der Waals surface area contributed by atoms with Crippen molar-refractivity contribution in [2.45, 2.75) is 27.2 Å². The summed E-state index contributed by atoms with van der Waals surface area (Å²) in [5, 5.41) is 0. The smallest absolute Gasteiger partial charge is 0.0604 e. The number of hydrogen-bond donors (Lipinski definition) is 0. The molecule has 0 heterocycles. The van der Waals surface area contributed by atoms with E-state index in [1.165, 1.54) is 12.0 Å². The molecule has 1 saturated carbocycles. The minimum atomic E-state index is 0.425. The van der Waals surface area contributed by atoms with E-state index in [0.717, 1.165) is 12.5 Å². The zero-order valence-electron chi connectivity index (χ0n) is 10.0. The summed E-state index contributed by atoms with van der Waals surface area (Å²) in [6, 6.07) is 0. The van der Waals surface area contributed by atoms with Crippen molar-refractivity contribution >= 4 is 6.21 Å². The Bertz CT molecular complexity index is 309. The lowest BCUT2D eigenvalue weighted by Gasteiger charge is -2.12. The van der Waals surface area contributed by atoms with Crippen molar-refractivity contribution in [1.29, 1.82) is 0 Å². The van der Waals surface area contributed by atoms with E-state index in [1.807, 2.05) is 18.4 Å². The van der Waals surface area contributed by atoms with Gasteiger partial charge in [0.2, 0.25) is 0 Å². The first kappa shape index (κ1) is 12.0. The molecule has 1 fully saturated rings. The Labute approximate surface area is 93.3 Å². The fourth-order valence-electron chi connectivity index (χ4n) is 1.97. The minimum absolute atomic E-state index is 0.425. The Morgan fingerprint density at radius 2 is 2.20 bits per heavy atom. The van der Waals surface area contributed by atoms with Crippen molar-refractivity contribution in [2.24, 2.45) is 16.3 Å². The zero-order valence-corrected chi connectivity index (χ0v) is 10.0. The molecular weight excluding hydrogens is 182 g/mol. The Kier molecular flexibility index (Phi) is 4.07. The molecule has 82 valence electrons. The molecule has 1 aliphatic carbocycles. The van der Waals surface area contributed by atoms with Gasteiger partial charge in [-0.05, 0) is 36.3 Å². The Morgan fingerprint density at radius 1 is 1.53 bits per heavy atom. The molecule has 0 amide bonds. The van der Waals surface area contributed by atoms with Gasteiger partial charge in [0.1, 0.15) is 0 Å². The van der Waals surface area contributed by atoms with Gasteiger partial charge in [0.25, 0.3) is 0 Å². The SMILES string of the molecule is C=C/C=C/C=NC/C(=C\C)C1(C)CC1C. The molecule has 1 heteroatoms. The highest BCUT2D eigenvalue weighted by Crippen LogP contribution is 2.56. The average molecular weight is 203 g/mol. The molecule has 15 heavy (non-hydrogen) atoms. The van der Waals surface area contributed by atoms with E-state index >= 15 is 0 Å². The third kappa shape index (κ3) is 2.92. The number of nitrogens with zero attached hydrogens (tertiary/aromatic N) is 1. The van der Waals surface area contributed by atoms with Gasteiger partial charge in [-0.2, -0.15) is 0 Å². The second-order valence-corrected chi connectivity index (χ2v) is 4.45. The molecule has 2 atom stereocenters. The molecule has 0 saturated heterocycles. The maximum atomic E-state index is 4.39. The number of aliphatic imine (C=N–C) groups is 1. The highest BCUT2D eigenvalue weighted by atomic mass is 14.7. The summed E-state index contributed by atoms with van der Waals surface area (Å²) in [4.78, 5) is 4.39. The van der Waals surface area contributed by atoms with Crippen LogP contribution in [0.15, 0.2) is 41.4 Å². The predicted octanol–water partition coefficient (Wildman–Crippen LogP) is 3.79. The first-order chi connectivity index (χ1) is 7.15. The summed E-state index contributed by atoms with van der Waals surface area (Å²) < 4.78 is 0. The highest BCUT2D eigenvalue weighted by molar-refractivity contribution is 5.71. The summed E-state index contributed by atoms with van der Waals surface area (Å²) in [6.07, 6.45) is 10.9. The fraction of sp³-hybridized carbons (Fsp3) is 0.500. The Balaban J connectivity index is 2.46. The van der Waals surface area contributed by atoms with Crippen LogP contribution in [-0.4, -0.2) is 12.8 Å². The normalized spacial score (nSPS) is 31.4. The van der Waals surface area contributed by atoms with Gasteiger partial charge in [-0.3, -0.25) is 4.99 Å². The molecule has 0 N–H and O–H groups in total. The van der Waals surface area contributed by atoms with E-state index < -0.39 is 0 Å². The van der Waals surface area contributed by atoms with E-state index in [2.05, 4.69) is 38.4 Å². The molecule has 1 rings (SSSR count). The van der Waals surface area contributed by atoms with Crippen LogP contribution < -0.4 is 0 Å². The summed E-state index contributed by atoms with van der Waals surface area (Å²) in [6.45, 7) is 11.2. The monoisotopic (exact) mass is 203 g/mol. The molecule has 0 aliphatic heterocycles. The van der Waals surface area contributed by atoms with Crippen LogP contribution in [0.3, 0.4) is 0 Å². The topological polar surface area (TPSA) is 12.4 Å². The summed E-state index contributed by atoms with van der Waals surface area (Å²) in [5.74, 6) is 0.822. The van der Waals surface area contributed by atoms with Gasteiger partial charge >= 0.3 is 0 Å². The van der Waals surface area contributed by atoms with E-state index in [1.54, 1.807) is 6.08 Å². The maximum Gasteiger partial charge on any atom is 0.0604 e. The minimum Gasteiger partial charge on any atom is -0.289 e. The largest absolute Gasteiger partial charge is 0.289 e. The Morgan fingerprint density at radius 3 is 2.67 bits per heavy atom. The summed E-state index contributed by atoms with van der Waals surface area (Å²) >= 11 is 0. The second-order valence-electron chi connectivity index (χ2n) is 4.45. The fourth-order valence-corrected chi connectivity index (χ4v) is 1.97. The molecule has 2 unspecified atom stereocenters. The van der Waals surface area contributed by atoms with E-state index in [9.17, 15) is 0 Å². The zero-order chi connectivity index (χ0) is 11.3. The van der Waals surface area contributed by atoms with Gasteiger partial charge in [0, 0.05) is 6.21 Å². The number of rotatable bonds is 5. The molecule has 0 spiro atoms. The van der Waals surface area contributed by atoms with Gasteiger partial charge in [0.05, 0.1) is 6.54 Å². The van der Waals surface area contributed by atoms with E-state index in [4.69, 9.17) is 0 Å². The lowest BCUT2D eigenvalue weighted by Crippen LogP contribution is -2.05. The summed E-state index contributed by atoms with van der Waals surface area (Å²) in [7, 11) is 0. The molecule has 0 aromatic rings. The molecular formula is C14H21N. The molecule has 0 aromatic heterocycles. The lowest BCUT2D eigenvalue weighted by molar-refractivity contribution is 0.606. The van der Waals surface area contributed by atoms with Gasteiger partial charge in [-0.1, -0.05) is 38.7 Å². The van der Waals surface area contributed by atoms with Crippen LogP contribution in [0.25, 0.3) is 0 Å². The maximum absolute atomic E-state index is 4.39. The van der Waals surface area contributed by atoms with Crippen molar-refractivity contribution in [1.82, 2.24) is 0 Å². The third-order valence-corrected chi connectivity index (χ3v) is 3.44. The van der Waals surface area contributed by atoms with Gasteiger partial charge in [0.15, 0.2) is 0 Å². The Hall–Kier alpha value is -1.11. The molecule has 1 aliphatic rings. The van der Waals surface area contributed by atoms with Crippen LogP contribution in [0, 0.1) is 11.3 Å². The van der Waals surface area contributed by atoms with Crippen LogP contribution >= 0.6 is 0 Å². The third-order valence-electron chi connectivity index (χ3n) is 3.44. The van der Waals surface area contributed by atoms with Gasteiger partial charge in [-0.15, -0.1) is 0 Å². The number of hydrogen-bond acceptors (Lipinski definition) is 1. The second kappa shape index (κ2) is 5.11. The predicted molar refractivity (Wildman–Crippen MR) is 68.3 cm³/mol. The first-order valence-electron chi connectivity index (χ1n) is 5.58. The van der Waals surface area contributed by atoms with Gasteiger partial charge < -0.3 is 0 Å². The lowest BCUT2D eigenvalue weighted by atomic mass is 9.95. The van der Waals surface area contributed by atoms with E-state index in [-0.39, 0.29) is 0 Å². The molecule has 0 radical (unpaired) electrons. The molecule has 1 nitrogen and oxygen atoms in total. The average Bonchev–Trinajstić information content (AvgIpc) is 2.81. The highest BCUT2D eigenvalue weighted by Gasteiger charge is 2.48. The number of allylic oxidation sites excluding steroid dienone is 4. The van der Waals surface area contributed by atoms with Crippen LogP contribution in [0.2, 0.25) is 0 Å². The van der Waals surface area contributed by atoms with Crippen molar-refractivity contribution < 1.29 is 0 Å². The van der Waals surface area contributed by atoms with Crippen LogP contribution in [0.5, 0.6) is 0 Å². The summed E-state index contributed by atoms with van der Waals surface area (Å²) in [5.41, 5.74) is 1.90. The molecule has 0 aromatic carbocycles. The van der Waals surface area contributed by atoms with Crippen molar-refractivity contribution in [3.05, 3.63) is 36.5 Å².